The van der Waals surface area contributed by atoms with E-state index in [1.165, 1.54) is 16.7 Å². The van der Waals surface area contributed by atoms with Crippen LogP contribution in [-0.2, 0) is 5.75 Å². The minimum absolute atomic E-state index is 0.389. The van der Waals surface area contributed by atoms with Crippen LogP contribution in [0, 0.1) is 13.8 Å². The predicted octanol–water partition coefficient (Wildman–Crippen LogP) is 4.09. The highest BCUT2D eigenvalue weighted by Crippen LogP contribution is 2.24. The molecular weight excluding hydrogens is 254 g/mol. The largest absolute Gasteiger partial charge is 0.468 e. The fraction of sp³-hybridized carbons (Fsp3) is 0.375. The second kappa shape index (κ2) is 6.83. The van der Waals surface area contributed by atoms with Gasteiger partial charge in [0.15, 0.2) is 0 Å². The summed E-state index contributed by atoms with van der Waals surface area (Å²) in [4.78, 5) is 0. The molecule has 0 spiro atoms. The van der Waals surface area contributed by atoms with Gasteiger partial charge in [-0.05, 0) is 44.2 Å². The first-order chi connectivity index (χ1) is 9.20. The van der Waals surface area contributed by atoms with Gasteiger partial charge >= 0.3 is 0 Å². The van der Waals surface area contributed by atoms with Gasteiger partial charge in [0.05, 0.1) is 12.0 Å². The molecule has 1 atom stereocenters. The molecular formula is C16H21NOS. The fourth-order valence-electron chi connectivity index (χ4n) is 2.22. The summed E-state index contributed by atoms with van der Waals surface area (Å²) in [5.41, 5.74) is 4.07. The van der Waals surface area contributed by atoms with Crippen LogP contribution >= 0.6 is 11.8 Å². The van der Waals surface area contributed by atoms with Gasteiger partial charge in [0.25, 0.3) is 0 Å². The SMILES string of the molecule is CNC(CSCc1ccco1)c1ccc(C)cc1C. The van der Waals surface area contributed by atoms with Crippen molar-refractivity contribution in [1.82, 2.24) is 5.32 Å². The van der Waals surface area contributed by atoms with Gasteiger partial charge in [-0.3, -0.25) is 0 Å². The third-order valence-electron chi connectivity index (χ3n) is 3.26. The predicted molar refractivity (Wildman–Crippen MR) is 82.6 cm³/mol. The van der Waals surface area contributed by atoms with Crippen molar-refractivity contribution in [3.63, 3.8) is 0 Å². The quantitative estimate of drug-likeness (QED) is 0.859. The Kier molecular flexibility index (Phi) is 5.11. The average Bonchev–Trinajstić information content (AvgIpc) is 2.89. The molecule has 0 amide bonds. The molecule has 2 rings (SSSR count). The van der Waals surface area contributed by atoms with Crippen molar-refractivity contribution in [2.45, 2.75) is 25.6 Å². The number of furan rings is 1. The Morgan fingerprint density at radius 3 is 2.74 bits per heavy atom. The zero-order valence-electron chi connectivity index (χ0n) is 11.8. The van der Waals surface area contributed by atoms with Crippen molar-refractivity contribution in [3.05, 3.63) is 59.0 Å². The normalized spacial score (nSPS) is 12.6. The highest BCUT2D eigenvalue weighted by Gasteiger charge is 2.12. The molecule has 2 aromatic rings. The average molecular weight is 275 g/mol. The van der Waals surface area contributed by atoms with Gasteiger partial charge in [-0.2, -0.15) is 11.8 Å². The molecule has 0 saturated carbocycles. The maximum atomic E-state index is 5.35. The number of benzene rings is 1. The van der Waals surface area contributed by atoms with Crippen LogP contribution in [0.15, 0.2) is 41.0 Å². The Morgan fingerprint density at radius 2 is 2.11 bits per heavy atom. The monoisotopic (exact) mass is 275 g/mol. The lowest BCUT2D eigenvalue weighted by Crippen LogP contribution is -2.19. The van der Waals surface area contributed by atoms with Gasteiger partial charge in [-0.15, -0.1) is 0 Å². The second-order valence-corrected chi connectivity index (χ2v) is 5.83. The van der Waals surface area contributed by atoms with E-state index in [4.69, 9.17) is 4.42 Å². The summed E-state index contributed by atoms with van der Waals surface area (Å²) in [6.07, 6.45) is 1.73. The Balaban J connectivity index is 1.95. The van der Waals surface area contributed by atoms with Crippen LogP contribution in [0.2, 0.25) is 0 Å². The van der Waals surface area contributed by atoms with Crippen LogP contribution in [0.25, 0.3) is 0 Å². The maximum Gasteiger partial charge on any atom is 0.113 e. The van der Waals surface area contributed by atoms with E-state index < -0.39 is 0 Å². The molecule has 3 heteroatoms. The number of hydrogen-bond acceptors (Lipinski definition) is 3. The maximum absolute atomic E-state index is 5.35. The van der Waals surface area contributed by atoms with Gasteiger partial charge in [-0.1, -0.05) is 23.8 Å². The van der Waals surface area contributed by atoms with Crippen LogP contribution in [0.1, 0.15) is 28.5 Å². The Labute approximate surface area is 119 Å². The Hall–Kier alpha value is -1.19. The molecule has 0 aliphatic carbocycles. The van der Waals surface area contributed by atoms with E-state index in [1.54, 1.807) is 6.26 Å². The lowest BCUT2D eigenvalue weighted by Gasteiger charge is -2.18. The van der Waals surface area contributed by atoms with Gasteiger partial charge in [-0.25, -0.2) is 0 Å². The fourth-order valence-corrected chi connectivity index (χ4v) is 3.28. The molecule has 1 unspecified atom stereocenters. The van der Waals surface area contributed by atoms with E-state index in [2.05, 4.69) is 37.4 Å². The molecule has 0 bridgehead atoms. The molecule has 0 saturated heterocycles. The van der Waals surface area contributed by atoms with Crippen molar-refractivity contribution in [3.8, 4) is 0 Å². The first-order valence-corrected chi connectivity index (χ1v) is 7.70. The zero-order valence-corrected chi connectivity index (χ0v) is 12.6. The summed E-state index contributed by atoms with van der Waals surface area (Å²) in [5.74, 6) is 3.01. The number of nitrogens with one attached hydrogen (secondary N) is 1. The number of rotatable bonds is 6. The Bertz CT molecular complexity index is 507. The summed E-state index contributed by atoms with van der Waals surface area (Å²) < 4.78 is 5.35. The number of aryl methyl sites for hydroxylation is 2. The van der Waals surface area contributed by atoms with Crippen molar-refractivity contribution in [2.75, 3.05) is 12.8 Å². The van der Waals surface area contributed by atoms with E-state index in [0.29, 0.717) is 6.04 Å². The molecule has 0 radical (unpaired) electrons. The Morgan fingerprint density at radius 1 is 1.26 bits per heavy atom. The van der Waals surface area contributed by atoms with Crippen molar-refractivity contribution in [1.29, 1.82) is 0 Å². The van der Waals surface area contributed by atoms with E-state index >= 15 is 0 Å². The van der Waals surface area contributed by atoms with Gasteiger partial charge in [0.1, 0.15) is 5.76 Å². The minimum Gasteiger partial charge on any atom is -0.468 e. The topological polar surface area (TPSA) is 25.2 Å². The molecule has 19 heavy (non-hydrogen) atoms. The van der Waals surface area contributed by atoms with Crippen molar-refractivity contribution in [2.24, 2.45) is 0 Å². The molecule has 1 aromatic carbocycles. The van der Waals surface area contributed by atoms with Crippen LogP contribution in [0.5, 0.6) is 0 Å². The molecule has 0 aliphatic rings. The lowest BCUT2D eigenvalue weighted by molar-refractivity contribution is 0.530. The van der Waals surface area contributed by atoms with Crippen molar-refractivity contribution >= 4 is 11.8 Å². The minimum atomic E-state index is 0.389. The number of thioether (sulfide) groups is 1. The zero-order chi connectivity index (χ0) is 13.7. The van der Waals surface area contributed by atoms with Gasteiger partial charge < -0.3 is 9.73 Å². The van der Waals surface area contributed by atoms with Crippen LogP contribution in [0.4, 0.5) is 0 Å². The summed E-state index contributed by atoms with van der Waals surface area (Å²) in [6.45, 7) is 4.32. The highest BCUT2D eigenvalue weighted by atomic mass is 32.2. The number of hydrogen-bond donors (Lipinski definition) is 1. The highest BCUT2D eigenvalue weighted by molar-refractivity contribution is 7.98. The smallest absolute Gasteiger partial charge is 0.113 e. The third kappa shape index (κ3) is 3.88. The van der Waals surface area contributed by atoms with E-state index in [-0.39, 0.29) is 0 Å². The van der Waals surface area contributed by atoms with E-state index in [9.17, 15) is 0 Å². The molecule has 1 aromatic heterocycles. The van der Waals surface area contributed by atoms with E-state index in [0.717, 1.165) is 17.3 Å². The first kappa shape index (κ1) is 14.2. The van der Waals surface area contributed by atoms with Crippen LogP contribution in [-0.4, -0.2) is 12.8 Å². The summed E-state index contributed by atoms with van der Waals surface area (Å²) in [7, 11) is 2.03. The summed E-state index contributed by atoms with van der Waals surface area (Å²) >= 11 is 1.90. The van der Waals surface area contributed by atoms with Crippen molar-refractivity contribution < 1.29 is 4.42 Å². The molecule has 1 N–H and O–H groups in total. The van der Waals surface area contributed by atoms with Crippen LogP contribution in [0.3, 0.4) is 0 Å². The van der Waals surface area contributed by atoms with E-state index in [1.807, 2.05) is 30.9 Å². The second-order valence-electron chi connectivity index (χ2n) is 4.80. The molecule has 0 aliphatic heterocycles. The first-order valence-electron chi connectivity index (χ1n) is 6.55. The molecule has 2 nitrogen and oxygen atoms in total. The molecule has 1 heterocycles. The van der Waals surface area contributed by atoms with Gasteiger partial charge in [0.2, 0.25) is 0 Å². The van der Waals surface area contributed by atoms with Gasteiger partial charge in [0, 0.05) is 11.8 Å². The summed E-state index contributed by atoms with van der Waals surface area (Å²) in [6, 6.07) is 11.0. The van der Waals surface area contributed by atoms with Crippen LogP contribution < -0.4 is 5.32 Å². The molecule has 102 valence electrons. The lowest BCUT2D eigenvalue weighted by atomic mass is 10.0. The standard InChI is InChI=1S/C16H21NOS/c1-12-6-7-15(13(2)9-12)16(17-3)11-19-10-14-5-4-8-18-14/h4-9,16-17H,10-11H2,1-3H3. The third-order valence-corrected chi connectivity index (χ3v) is 4.32. The molecule has 0 fully saturated rings. The summed E-state index contributed by atoms with van der Waals surface area (Å²) in [5, 5.41) is 3.41.